The van der Waals surface area contributed by atoms with Crippen LogP contribution in [0.2, 0.25) is 0 Å². The Kier molecular flexibility index (Phi) is 3.32. The van der Waals surface area contributed by atoms with Crippen LogP contribution < -0.4 is 4.74 Å². The van der Waals surface area contributed by atoms with Crippen LogP contribution in [0.15, 0.2) is 42.6 Å². The number of alkyl halides is 2. The molecule has 0 unspecified atom stereocenters. The SMILES string of the molecule is Cc1ccc(-c2cc(OC(F)F)ccn2)cc1. The van der Waals surface area contributed by atoms with Crippen LogP contribution in [0.1, 0.15) is 5.56 Å². The molecule has 0 bridgehead atoms. The minimum atomic E-state index is -2.82. The first-order valence-electron chi connectivity index (χ1n) is 5.13. The van der Waals surface area contributed by atoms with E-state index in [1.54, 1.807) is 0 Å². The summed E-state index contributed by atoms with van der Waals surface area (Å²) in [7, 11) is 0. The van der Waals surface area contributed by atoms with E-state index in [9.17, 15) is 8.78 Å². The lowest BCUT2D eigenvalue weighted by atomic mass is 10.1. The molecule has 0 radical (unpaired) electrons. The predicted molar refractivity (Wildman–Crippen MR) is 61.0 cm³/mol. The maximum atomic E-state index is 12.1. The molecule has 0 spiro atoms. The molecule has 1 aromatic carbocycles. The molecule has 0 aliphatic rings. The van der Waals surface area contributed by atoms with E-state index in [4.69, 9.17) is 0 Å². The Balaban J connectivity index is 2.29. The van der Waals surface area contributed by atoms with E-state index in [1.807, 2.05) is 31.2 Å². The molecule has 1 aromatic heterocycles. The maximum Gasteiger partial charge on any atom is 0.387 e. The van der Waals surface area contributed by atoms with Crippen LogP contribution in [0.4, 0.5) is 8.78 Å². The van der Waals surface area contributed by atoms with E-state index >= 15 is 0 Å². The molecule has 0 fully saturated rings. The largest absolute Gasteiger partial charge is 0.435 e. The lowest BCUT2D eigenvalue weighted by Crippen LogP contribution is -2.02. The second kappa shape index (κ2) is 4.91. The van der Waals surface area contributed by atoms with Gasteiger partial charge >= 0.3 is 6.61 Å². The number of aromatic nitrogens is 1. The first-order chi connectivity index (χ1) is 8.15. The summed E-state index contributed by atoms with van der Waals surface area (Å²) in [6, 6.07) is 10.6. The van der Waals surface area contributed by atoms with Gasteiger partial charge in [-0.25, -0.2) is 0 Å². The summed E-state index contributed by atoms with van der Waals surface area (Å²) in [5, 5.41) is 0. The Hall–Kier alpha value is -1.97. The van der Waals surface area contributed by atoms with Crippen LogP contribution in [-0.4, -0.2) is 11.6 Å². The normalized spacial score (nSPS) is 10.6. The van der Waals surface area contributed by atoms with Gasteiger partial charge in [0.05, 0.1) is 5.69 Å². The molecule has 0 aliphatic heterocycles. The molecule has 0 saturated carbocycles. The first-order valence-corrected chi connectivity index (χ1v) is 5.13. The molecular weight excluding hydrogens is 224 g/mol. The van der Waals surface area contributed by atoms with Gasteiger partial charge in [-0.05, 0) is 13.0 Å². The first kappa shape index (κ1) is 11.5. The molecule has 17 heavy (non-hydrogen) atoms. The summed E-state index contributed by atoms with van der Waals surface area (Å²) < 4.78 is 28.5. The van der Waals surface area contributed by atoms with E-state index in [0.29, 0.717) is 5.69 Å². The topological polar surface area (TPSA) is 22.1 Å². The highest BCUT2D eigenvalue weighted by atomic mass is 19.3. The number of benzene rings is 1. The van der Waals surface area contributed by atoms with Crippen molar-refractivity contribution in [2.24, 2.45) is 0 Å². The molecule has 2 rings (SSSR count). The van der Waals surface area contributed by atoms with Crippen molar-refractivity contribution in [2.75, 3.05) is 0 Å². The van der Waals surface area contributed by atoms with Crippen LogP contribution in [0.3, 0.4) is 0 Å². The van der Waals surface area contributed by atoms with E-state index in [0.717, 1.165) is 11.1 Å². The zero-order valence-corrected chi connectivity index (χ0v) is 9.23. The van der Waals surface area contributed by atoms with Crippen LogP contribution in [0.25, 0.3) is 11.3 Å². The molecule has 0 N–H and O–H groups in total. The van der Waals surface area contributed by atoms with E-state index < -0.39 is 6.61 Å². The predicted octanol–water partition coefficient (Wildman–Crippen LogP) is 3.66. The smallest absolute Gasteiger partial charge is 0.387 e. The van der Waals surface area contributed by atoms with Crippen molar-refractivity contribution in [3.8, 4) is 17.0 Å². The minimum Gasteiger partial charge on any atom is -0.435 e. The standard InChI is InChI=1S/C13H11F2NO/c1-9-2-4-10(5-3-9)12-8-11(6-7-16-12)17-13(14)15/h2-8,13H,1H3. The number of ether oxygens (including phenoxy) is 1. The van der Waals surface area contributed by atoms with Gasteiger partial charge in [-0.1, -0.05) is 29.8 Å². The number of aryl methyl sites for hydroxylation is 1. The third kappa shape index (κ3) is 3.00. The van der Waals surface area contributed by atoms with E-state index in [1.165, 1.54) is 18.3 Å². The molecule has 2 nitrogen and oxygen atoms in total. The van der Waals surface area contributed by atoms with Gasteiger partial charge in [-0.2, -0.15) is 8.78 Å². The van der Waals surface area contributed by atoms with E-state index in [-0.39, 0.29) is 5.75 Å². The second-order valence-corrected chi connectivity index (χ2v) is 3.62. The molecule has 88 valence electrons. The maximum absolute atomic E-state index is 12.1. The third-order valence-corrected chi connectivity index (χ3v) is 2.30. The molecule has 0 atom stereocenters. The summed E-state index contributed by atoms with van der Waals surface area (Å²) in [5.41, 5.74) is 2.62. The number of halogens is 2. The average molecular weight is 235 g/mol. The van der Waals surface area contributed by atoms with Crippen molar-refractivity contribution >= 4 is 0 Å². The molecule has 0 saturated heterocycles. The zero-order valence-electron chi connectivity index (χ0n) is 9.23. The van der Waals surface area contributed by atoms with Gasteiger partial charge in [0.15, 0.2) is 0 Å². The minimum absolute atomic E-state index is 0.116. The fraction of sp³-hybridized carbons (Fsp3) is 0.154. The van der Waals surface area contributed by atoms with Gasteiger partial charge in [0.1, 0.15) is 5.75 Å². The van der Waals surface area contributed by atoms with Crippen molar-refractivity contribution in [1.82, 2.24) is 4.98 Å². The highest BCUT2D eigenvalue weighted by molar-refractivity contribution is 5.60. The van der Waals surface area contributed by atoms with Crippen LogP contribution >= 0.6 is 0 Å². The summed E-state index contributed by atoms with van der Waals surface area (Å²) in [5.74, 6) is 0.116. The Morgan fingerprint density at radius 3 is 2.47 bits per heavy atom. The Morgan fingerprint density at radius 1 is 1.12 bits per heavy atom. The van der Waals surface area contributed by atoms with Gasteiger partial charge in [-0.15, -0.1) is 0 Å². The average Bonchev–Trinajstić information content (AvgIpc) is 2.29. The summed E-state index contributed by atoms with van der Waals surface area (Å²) in [4.78, 5) is 4.12. The van der Waals surface area contributed by atoms with Crippen molar-refractivity contribution in [2.45, 2.75) is 13.5 Å². The molecule has 0 amide bonds. The molecule has 2 aromatic rings. The van der Waals surface area contributed by atoms with Gasteiger partial charge in [0.25, 0.3) is 0 Å². The molecule has 4 heteroatoms. The van der Waals surface area contributed by atoms with E-state index in [2.05, 4.69) is 9.72 Å². The van der Waals surface area contributed by atoms with Gasteiger partial charge in [0, 0.05) is 17.8 Å². The number of nitrogens with zero attached hydrogens (tertiary/aromatic N) is 1. The van der Waals surface area contributed by atoms with Crippen molar-refractivity contribution in [1.29, 1.82) is 0 Å². The molecule has 0 aliphatic carbocycles. The molecule has 1 heterocycles. The Morgan fingerprint density at radius 2 is 1.82 bits per heavy atom. The van der Waals surface area contributed by atoms with Crippen molar-refractivity contribution < 1.29 is 13.5 Å². The quantitative estimate of drug-likeness (QED) is 0.810. The monoisotopic (exact) mass is 235 g/mol. The van der Waals surface area contributed by atoms with Gasteiger partial charge in [-0.3, -0.25) is 4.98 Å². The second-order valence-electron chi connectivity index (χ2n) is 3.62. The highest BCUT2D eigenvalue weighted by Crippen LogP contribution is 2.22. The summed E-state index contributed by atoms with van der Waals surface area (Å²) in [6.07, 6.45) is 1.45. The third-order valence-electron chi connectivity index (χ3n) is 2.30. The number of hydrogen-bond acceptors (Lipinski definition) is 2. The Labute approximate surface area is 97.9 Å². The number of rotatable bonds is 3. The Bertz CT molecular complexity index is 497. The van der Waals surface area contributed by atoms with Crippen LogP contribution in [-0.2, 0) is 0 Å². The molecular formula is C13H11F2NO. The van der Waals surface area contributed by atoms with Crippen molar-refractivity contribution in [3.05, 3.63) is 48.2 Å². The van der Waals surface area contributed by atoms with Gasteiger partial charge < -0.3 is 4.74 Å². The highest BCUT2D eigenvalue weighted by Gasteiger charge is 2.06. The summed E-state index contributed by atoms with van der Waals surface area (Å²) in [6.45, 7) is -0.837. The zero-order chi connectivity index (χ0) is 12.3. The van der Waals surface area contributed by atoms with Crippen molar-refractivity contribution in [3.63, 3.8) is 0 Å². The summed E-state index contributed by atoms with van der Waals surface area (Å²) >= 11 is 0. The number of hydrogen-bond donors (Lipinski definition) is 0. The fourth-order valence-electron chi connectivity index (χ4n) is 1.47. The lowest BCUT2D eigenvalue weighted by Gasteiger charge is -2.06. The lowest BCUT2D eigenvalue weighted by molar-refractivity contribution is -0.0498. The number of pyridine rings is 1. The van der Waals surface area contributed by atoms with Crippen LogP contribution in [0.5, 0.6) is 5.75 Å². The fourth-order valence-corrected chi connectivity index (χ4v) is 1.47. The van der Waals surface area contributed by atoms with Crippen LogP contribution in [0, 0.1) is 6.92 Å². The van der Waals surface area contributed by atoms with Gasteiger partial charge in [0.2, 0.25) is 0 Å².